The Morgan fingerprint density at radius 2 is 1.67 bits per heavy atom. The van der Waals surface area contributed by atoms with Crippen molar-refractivity contribution < 1.29 is 17.8 Å². The van der Waals surface area contributed by atoms with E-state index in [1.54, 1.807) is 26.0 Å². The van der Waals surface area contributed by atoms with Crippen molar-refractivity contribution in [2.75, 3.05) is 25.1 Å². The molecule has 1 aromatic rings. The molecule has 0 aliphatic heterocycles. The lowest BCUT2D eigenvalue weighted by Crippen LogP contribution is -2.08. The highest BCUT2D eigenvalue weighted by Crippen LogP contribution is 2.47. The molecule has 0 fully saturated rings. The fourth-order valence-electron chi connectivity index (χ4n) is 1.44. The smallest absolute Gasteiger partial charge is 0.309 e. The summed E-state index contributed by atoms with van der Waals surface area (Å²) in [5.41, 5.74) is 0. The van der Waals surface area contributed by atoms with Gasteiger partial charge in [0.05, 0.1) is 30.2 Å². The van der Waals surface area contributed by atoms with Gasteiger partial charge in [0.25, 0.3) is 0 Å². The van der Waals surface area contributed by atoms with Gasteiger partial charge in [-0.2, -0.15) is 0 Å². The molecule has 0 heterocycles. The molecule has 0 amide bonds. The molecule has 0 saturated carbocycles. The SMILES string of the molecule is CCOP(=O)(CCS(=O)c1ccccc1)OCC. The van der Waals surface area contributed by atoms with Gasteiger partial charge in [0, 0.05) is 10.6 Å². The molecule has 102 valence electrons. The molecule has 4 nitrogen and oxygen atoms in total. The molecule has 1 rings (SSSR count). The summed E-state index contributed by atoms with van der Waals surface area (Å²) in [6.45, 7) is 4.18. The third kappa shape index (κ3) is 5.02. The minimum atomic E-state index is -3.09. The first-order chi connectivity index (χ1) is 8.61. The highest BCUT2D eigenvalue weighted by molar-refractivity contribution is 7.85. The van der Waals surface area contributed by atoms with Gasteiger partial charge >= 0.3 is 7.60 Å². The normalized spacial score (nSPS) is 13.4. The van der Waals surface area contributed by atoms with Gasteiger partial charge in [-0.25, -0.2) is 0 Å². The fourth-order valence-corrected chi connectivity index (χ4v) is 4.82. The summed E-state index contributed by atoms with van der Waals surface area (Å²) in [7, 11) is -4.26. The van der Waals surface area contributed by atoms with Crippen LogP contribution in [-0.4, -0.2) is 29.3 Å². The zero-order valence-electron chi connectivity index (χ0n) is 10.7. The van der Waals surface area contributed by atoms with Crippen LogP contribution in [0.4, 0.5) is 0 Å². The van der Waals surface area contributed by atoms with E-state index in [1.807, 2.05) is 18.2 Å². The maximum Gasteiger partial charge on any atom is 0.331 e. The zero-order valence-corrected chi connectivity index (χ0v) is 12.4. The van der Waals surface area contributed by atoms with E-state index in [1.165, 1.54) is 0 Å². The van der Waals surface area contributed by atoms with Crippen LogP contribution in [0.3, 0.4) is 0 Å². The Bertz CT molecular complexity index is 411. The quantitative estimate of drug-likeness (QED) is 0.690. The molecule has 0 radical (unpaired) electrons. The highest BCUT2D eigenvalue weighted by Gasteiger charge is 2.24. The van der Waals surface area contributed by atoms with Gasteiger partial charge in [-0.05, 0) is 26.0 Å². The van der Waals surface area contributed by atoms with Crippen molar-refractivity contribution in [1.29, 1.82) is 0 Å². The van der Waals surface area contributed by atoms with Crippen molar-refractivity contribution in [3.05, 3.63) is 30.3 Å². The minimum absolute atomic E-state index is 0.177. The highest BCUT2D eigenvalue weighted by atomic mass is 32.2. The molecular weight excluding hydrogens is 271 g/mol. The van der Waals surface area contributed by atoms with Gasteiger partial charge in [-0.15, -0.1) is 0 Å². The predicted octanol–water partition coefficient (Wildman–Crippen LogP) is 3.06. The number of rotatable bonds is 8. The van der Waals surface area contributed by atoms with Crippen LogP contribution in [0.1, 0.15) is 13.8 Å². The maximum absolute atomic E-state index is 12.2. The van der Waals surface area contributed by atoms with E-state index in [0.29, 0.717) is 13.2 Å². The van der Waals surface area contributed by atoms with Crippen molar-refractivity contribution in [1.82, 2.24) is 0 Å². The van der Waals surface area contributed by atoms with Crippen molar-refractivity contribution >= 4 is 18.4 Å². The molecule has 0 spiro atoms. The van der Waals surface area contributed by atoms with E-state index in [0.717, 1.165) is 4.90 Å². The lowest BCUT2D eigenvalue weighted by atomic mass is 10.4. The van der Waals surface area contributed by atoms with Crippen LogP contribution in [0.25, 0.3) is 0 Å². The summed E-state index contributed by atoms with van der Waals surface area (Å²) in [4.78, 5) is 0.733. The van der Waals surface area contributed by atoms with Crippen molar-refractivity contribution in [2.45, 2.75) is 18.7 Å². The number of hydrogen-bond acceptors (Lipinski definition) is 4. The lowest BCUT2D eigenvalue weighted by Gasteiger charge is -2.16. The largest absolute Gasteiger partial charge is 0.331 e. The Labute approximate surface area is 111 Å². The monoisotopic (exact) mass is 290 g/mol. The molecular formula is C12H19O4PS. The lowest BCUT2D eigenvalue weighted by molar-refractivity contribution is 0.221. The van der Waals surface area contributed by atoms with E-state index < -0.39 is 18.4 Å². The van der Waals surface area contributed by atoms with E-state index in [-0.39, 0.29) is 11.9 Å². The molecule has 1 unspecified atom stereocenters. The summed E-state index contributed by atoms with van der Waals surface area (Å²) in [5, 5.41) is 0. The van der Waals surface area contributed by atoms with Crippen LogP contribution < -0.4 is 0 Å². The van der Waals surface area contributed by atoms with Crippen LogP contribution >= 0.6 is 7.60 Å². The Morgan fingerprint density at radius 3 is 2.17 bits per heavy atom. The Hall–Kier alpha value is -0.480. The summed E-state index contributed by atoms with van der Waals surface area (Å²) in [5.74, 6) is 0.279. The minimum Gasteiger partial charge on any atom is -0.309 e. The molecule has 0 aromatic heterocycles. The molecule has 0 saturated heterocycles. The first kappa shape index (κ1) is 15.6. The fraction of sp³-hybridized carbons (Fsp3) is 0.500. The third-order valence-electron chi connectivity index (χ3n) is 2.21. The first-order valence-corrected chi connectivity index (χ1v) is 8.97. The van der Waals surface area contributed by atoms with Gasteiger partial charge in [0.15, 0.2) is 0 Å². The van der Waals surface area contributed by atoms with Gasteiger partial charge < -0.3 is 9.05 Å². The molecule has 0 aliphatic carbocycles. The summed E-state index contributed by atoms with van der Waals surface area (Å²) in [6.07, 6.45) is 0.177. The number of benzene rings is 1. The molecule has 0 bridgehead atoms. The Balaban J connectivity index is 2.58. The van der Waals surface area contributed by atoms with Crippen molar-refractivity contribution in [2.24, 2.45) is 0 Å². The summed E-state index contributed by atoms with van der Waals surface area (Å²) < 4.78 is 34.5. The Morgan fingerprint density at radius 1 is 1.11 bits per heavy atom. The average Bonchev–Trinajstić information content (AvgIpc) is 2.38. The van der Waals surface area contributed by atoms with E-state index in [4.69, 9.17) is 9.05 Å². The van der Waals surface area contributed by atoms with Crippen molar-refractivity contribution in [3.8, 4) is 0 Å². The van der Waals surface area contributed by atoms with E-state index >= 15 is 0 Å². The van der Waals surface area contributed by atoms with Gasteiger partial charge in [0.1, 0.15) is 0 Å². The van der Waals surface area contributed by atoms with Gasteiger partial charge in [0.2, 0.25) is 0 Å². The van der Waals surface area contributed by atoms with Crippen molar-refractivity contribution in [3.63, 3.8) is 0 Å². The van der Waals surface area contributed by atoms with Crippen LogP contribution in [0.15, 0.2) is 35.2 Å². The van der Waals surface area contributed by atoms with E-state index in [9.17, 15) is 8.77 Å². The van der Waals surface area contributed by atoms with Crippen LogP contribution in [0.2, 0.25) is 0 Å². The molecule has 1 atom stereocenters. The van der Waals surface area contributed by atoms with Gasteiger partial charge in [-0.1, -0.05) is 18.2 Å². The van der Waals surface area contributed by atoms with Gasteiger partial charge in [-0.3, -0.25) is 8.77 Å². The molecule has 0 N–H and O–H groups in total. The first-order valence-electron chi connectivity index (χ1n) is 5.93. The molecule has 18 heavy (non-hydrogen) atoms. The zero-order chi connectivity index (χ0) is 13.4. The maximum atomic E-state index is 12.2. The summed E-state index contributed by atoms with van der Waals surface area (Å²) >= 11 is 0. The van der Waals surface area contributed by atoms with Crippen LogP contribution in [0.5, 0.6) is 0 Å². The van der Waals surface area contributed by atoms with Crippen LogP contribution in [0, 0.1) is 0 Å². The third-order valence-corrected chi connectivity index (χ3v) is 5.96. The second-order valence-electron chi connectivity index (χ2n) is 3.53. The predicted molar refractivity (Wildman–Crippen MR) is 73.4 cm³/mol. The van der Waals surface area contributed by atoms with E-state index in [2.05, 4.69) is 0 Å². The Kier molecular flexibility index (Phi) is 6.79. The second-order valence-corrected chi connectivity index (χ2v) is 7.29. The van der Waals surface area contributed by atoms with Crippen LogP contribution in [-0.2, 0) is 24.4 Å². The number of hydrogen-bond donors (Lipinski definition) is 0. The standard InChI is InChI=1S/C12H19O4PS/c1-3-15-17(13,16-4-2)10-11-18(14)12-8-6-5-7-9-12/h5-9H,3-4,10-11H2,1-2H3. The topological polar surface area (TPSA) is 52.6 Å². The second kappa shape index (κ2) is 7.85. The molecule has 1 aromatic carbocycles. The average molecular weight is 290 g/mol. The molecule has 6 heteroatoms. The summed E-state index contributed by atoms with van der Waals surface area (Å²) in [6, 6.07) is 9.12. The molecule has 0 aliphatic rings.